The highest BCUT2D eigenvalue weighted by atomic mass is 35.5. The van der Waals surface area contributed by atoms with Gasteiger partial charge >= 0.3 is 0 Å². The van der Waals surface area contributed by atoms with Crippen molar-refractivity contribution < 1.29 is 18.6 Å². The number of hydrogen-bond donors (Lipinski definition) is 1. The molecule has 4 aromatic rings. The molecule has 1 fully saturated rings. The highest BCUT2D eigenvalue weighted by molar-refractivity contribution is 7.23. The van der Waals surface area contributed by atoms with Crippen molar-refractivity contribution >= 4 is 48.9 Å². The molecular formula is C27H24ClFN4O3S. The van der Waals surface area contributed by atoms with E-state index in [-0.39, 0.29) is 22.2 Å². The molecule has 2 aliphatic heterocycles. The summed E-state index contributed by atoms with van der Waals surface area (Å²) in [7, 11) is 3.74. The third-order valence-corrected chi connectivity index (χ3v) is 9.18. The number of rotatable bonds is 5. The maximum Gasteiger partial charge on any atom is 0.213 e. The van der Waals surface area contributed by atoms with Crippen molar-refractivity contribution in [2.75, 3.05) is 33.0 Å². The van der Waals surface area contributed by atoms with Crippen LogP contribution in [0.15, 0.2) is 24.3 Å². The number of halogens is 2. The van der Waals surface area contributed by atoms with Gasteiger partial charge in [0.1, 0.15) is 23.5 Å². The van der Waals surface area contributed by atoms with Crippen molar-refractivity contribution in [3.05, 3.63) is 51.8 Å². The number of ether oxygens (including phenoxy) is 3. The summed E-state index contributed by atoms with van der Waals surface area (Å²) < 4.78 is 32.6. The molecule has 7 nitrogen and oxygen atoms in total. The summed E-state index contributed by atoms with van der Waals surface area (Å²) in [6.45, 7) is 4.09. The van der Waals surface area contributed by atoms with Crippen molar-refractivity contribution in [1.82, 2.24) is 9.88 Å². The zero-order chi connectivity index (χ0) is 26.1. The zero-order valence-corrected chi connectivity index (χ0v) is 22.1. The van der Waals surface area contributed by atoms with Crippen LogP contribution in [0.5, 0.6) is 5.88 Å². The van der Waals surface area contributed by atoms with Crippen molar-refractivity contribution in [1.29, 1.82) is 5.26 Å². The largest absolute Gasteiger partial charge is 0.476 e. The molecule has 2 aromatic heterocycles. The maximum atomic E-state index is 14.7. The second-order valence-electron chi connectivity index (χ2n) is 9.69. The Morgan fingerprint density at radius 1 is 1.32 bits per heavy atom. The SMILES string of the molecule is COC1CN(C)C1(C)COc1ccc2c3c(c(-c4ccc(F)c5sc(N)c(C#N)c45)c(Cl)c2n1)COC3. The predicted molar refractivity (Wildman–Crippen MR) is 142 cm³/mol. The zero-order valence-electron chi connectivity index (χ0n) is 20.5. The van der Waals surface area contributed by atoms with Crippen LogP contribution in [0, 0.1) is 17.1 Å². The van der Waals surface area contributed by atoms with Gasteiger partial charge in [-0.3, -0.25) is 4.90 Å². The molecule has 2 atom stereocenters. The molecule has 0 radical (unpaired) electrons. The average molecular weight is 539 g/mol. The van der Waals surface area contributed by atoms with E-state index in [0.29, 0.717) is 57.5 Å². The first-order valence-electron chi connectivity index (χ1n) is 11.8. The number of nitriles is 1. The number of nitrogens with zero attached hydrogens (tertiary/aromatic N) is 3. The molecule has 0 aliphatic carbocycles. The first-order chi connectivity index (χ1) is 17.8. The van der Waals surface area contributed by atoms with Gasteiger partial charge in [0.15, 0.2) is 0 Å². The molecule has 2 aromatic carbocycles. The summed E-state index contributed by atoms with van der Waals surface area (Å²) in [5.41, 5.74) is 9.81. The minimum absolute atomic E-state index is 0.0711. The van der Waals surface area contributed by atoms with Crippen LogP contribution in [0.1, 0.15) is 23.6 Å². The van der Waals surface area contributed by atoms with Gasteiger partial charge in [-0.05, 0) is 42.8 Å². The Hall–Kier alpha value is -3.00. The van der Waals surface area contributed by atoms with Crippen molar-refractivity contribution in [2.24, 2.45) is 0 Å². The second-order valence-corrected chi connectivity index (χ2v) is 11.1. The lowest BCUT2D eigenvalue weighted by Crippen LogP contribution is -2.70. The molecule has 0 amide bonds. The summed E-state index contributed by atoms with van der Waals surface area (Å²) in [5.74, 6) is 0.0109. The molecule has 37 heavy (non-hydrogen) atoms. The van der Waals surface area contributed by atoms with Crippen molar-refractivity contribution in [2.45, 2.75) is 31.8 Å². The third kappa shape index (κ3) is 3.51. The number of aromatic nitrogens is 1. The van der Waals surface area contributed by atoms with Crippen LogP contribution < -0.4 is 10.5 Å². The van der Waals surface area contributed by atoms with Crippen LogP contribution >= 0.6 is 22.9 Å². The molecule has 4 heterocycles. The van der Waals surface area contributed by atoms with Gasteiger partial charge in [0, 0.05) is 36.1 Å². The molecule has 2 aliphatic rings. The minimum atomic E-state index is -0.431. The number of thiophene rings is 1. The minimum Gasteiger partial charge on any atom is -0.476 e. The van der Waals surface area contributed by atoms with Gasteiger partial charge in [0.05, 0.1) is 45.7 Å². The first kappa shape index (κ1) is 24.3. The fourth-order valence-electron chi connectivity index (χ4n) is 5.40. The summed E-state index contributed by atoms with van der Waals surface area (Å²) in [4.78, 5) is 6.98. The van der Waals surface area contributed by atoms with E-state index in [4.69, 9.17) is 36.5 Å². The monoisotopic (exact) mass is 538 g/mol. The van der Waals surface area contributed by atoms with Gasteiger partial charge in [-0.2, -0.15) is 5.26 Å². The molecule has 6 rings (SSSR count). The first-order valence-corrected chi connectivity index (χ1v) is 13.0. The molecule has 0 saturated carbocycles. The van der Waals surface area contributed by atoms with Gasteiger partial charge in [0.2, 0.25) is 5.88 Å². The lowest BCUT2D eigenvalue weighted by Gasteiger charge is -2.53. The fourth-order valence-corrected chi connectivity index (χ4v) is 6.71. The predicted octanol–water partition coefficient (Wildman–Crippen LogP) is 5.49. The highest BCUT2D eigenvalue weighted by Crippen LogP contribution is 2.48. The van der Waals surface area contributed by atoms with E-state index in [1.54, 1.807) is 13.2 Å². The van der Waals surface area contributed by atoms with Crippen molar-refractivity contribution in [3.63, 3.8) is 0 Å². The Bertz CT molecular complexity index is 1630. The Labute approximate surface area is 222 Å². The number of benzene rings is 2. The molecule has 2 unspecified atom stereocenters. The number of hydrogen-bond acceptors (Lipinski definition) is 8. The Kier molecular flexibility index (Phi) is 5.78. The molecule has 2 N–H and O–H groups in total. The van der Waals surface area contributed by atoms with Gasteiger partial charge < -0.3 is 19.9 Å². The highest BCUT2D eigenvalue weighted by Gasteiger charge is 2.49. The number of methoxy groups -OCH3 is 1. The van der Waals surface area contributed by atoms with Crippen LogP contribution in [-0.2, 0) is 22.7 Å². The molecular weight excluding hydrogens is 515 g/mol. The summed E-state index contributed by atoms with van der Waals surface area (Å²) in [6, 6.07) is 8.95. The van der Waals surface area contributed by atoms with Gasteiger partial charge in [0.25, 0.3) is 0 Å². The van der Waals surface area contributed by atoms with E-state index >= 15 is 0 Å². The van der Waals surface area contributed by atoms with Crippen LogP contribution in [0.2, 0.25) is 5.02 Å². The number of nitrogens with two attached hydrogens (primary N) is 1. The third-order valence-electron chi connectivity index (χ3n) is 7.78. The van der Waals surface area contributed by atoms with Gasteiger partial charge in [-0.15, -0.1) is 11.3 Å². The Morgan fingerprint density at radius 2 is 2.11 bits per heavy atom. The summed E-state index contributed by atoms with van der Waals surface area (Å²) >= 11 is 8.12. The van der Waals surface area contributed by atoms with E-state index < -0.39 is 5.82 Å². The molecule has 190 valence electrons. The second kappa shape index (κ2) is 8.79. The number of likely N-dealkylation sites (tertiary alicyclic amines) is 1. The number of likely N-dealkylation sites (N-methyl/N-ethyl adjacent to an activating group) is 1. The number of pyridine rings is 1. The quantitative estimate of drug-likeness (QED) is 0.359. The average Bonchev–Trinajstić information content (AvgIpc) is 3.51. The topological polar surface area (TPSA) is 93.6 Å². The standard InChI is InChI=1S/C27H24ClFN4O3S/c1-27(19(34-3)9-33(27)2)12-36-20-7-5-13-16-10-35-11-17(16)21(23(28)24(13)32-20)14-4-6-18(29)25-22(14)15(8-30)26(31)37-25/h4-7,19H,9-12,31H2,1-3H3. The molecule has 1 saturated heterocycles. The van der Waals surface area contributed by atoms with Crippen LogP contribution in [-0.4, -0.2) is 48.8 Å². The Balaban J connectivity index is 1.51. The van der Waals surface area contributed by atoms with E-state index in [2.05, 4.69) is 17.9 Å². The van der Waals surface area contributed by atoms with E-state index in [1.165, 1.54) is 6.07 Å². The summed E-state index contributed by atoms with van der Waals surface area (Å²) in [6.07, 6.45) is 0.0711. The Morgan fingerprint density at radius 3 is 2.84 bits per heavy atom. The molecule has 0 bridgehead atoms. The molecule has 10 heteroatoms. The van der Waals surface area contributed by atoms with E-state index in [1.807, 2.05) is 19.2 Å². The lowest BCUT2D eigenvalue weighted by atomic mass is 9.85. The number of anilines is 1. The van der Waals surface area contributed by atoms with Gasteiger partial charge in [-0.1, -0.05) is 17.7 Å². The fraction of sp³-hybridized carbons (Fsp3) is 0.333. The van der Waals surface area contributed by atoms with Gasteiger partial charge in [-0.25, -0.2) is 9.37 Å². The lowest BCUT2D eigenvalue weighted by molar-refractivity contribution is -0.147. The number of fused-ring (bicyclic) bond motifs is 4. The van der Waals surface area contributed by atoms with Crippen molar-refractivity contribution in [3.8, 4) is 23.1 Å². The number of nitrogen functional groups attached to an aromatic ring is 1. The smallest absolute Gasteiger partial charge is 0.213 e. The van der Waals surface area contributed by atoms with Crippen LogP contribution in [0.4, 0.5) is 9.39 Å². The van der Waals surface area contributed by atoms with E-state index in [9.17, 15) is 9.65 Å². The molecule has 0 spiro atoms. The maximum absolute atomic E-state index is 14.7. The van der Waals surface area contributed by atoms with Crippen LogP contribution in [0.25, 0.3) is 32.1 Å². The van der Waals surface area contributed by atoms with Crippen LogP contribution in [0.3, 0.4) is 0 Å². The summed E-state index contributed by atoms with van der Waals surface area (Å²) in [5, 5.41) is 11.8. The normalized spacial score (nSPS) is 21.2. The van der Waals surface area contributed by atoms with E-state index in [0.717, 1.165) is 34.4 Å².